The summed E-state index contributed by atoms with van der Waals surface area (Å²) in [6.45, 7) is 2.47. The van der Waals surface area contributed by atoms with Gasteiger partial charge in [-0.15, -0.1) is 11.8 Å². The van der Waals surface area contributed by atoms with Crippen molar-refractivity contribution in [2.75, 3.05) is 18.2 Å². The highest BCUT2D eigenvalue weighted by Gasteiger charge is 2.24. The van der Waals surface area contributed by atoms with Crippen molar-refractivity contribution in [1.82, 2.24) is 4.98 Å². The lowest BCUT2D eigenvalue weighted by Crippen LogP contribution is -2.28. The minimum atomic E-state index is -0.411. The van der Waals surface area contributed by atoms with E-state index in [4.69, 9.17) is 4.74 Å². The maximum absolute atomic E-state index is 11.8. The summed E-state index contributed by atoms with van der Waals surface area (Å²) in [4.78, 5) is 16.0. The lowest BCUT2D eigenvalue weighted by atomic mass is 10.3. The number of anilines is 1. The van der Waals surface area contributed by atoms with Crippen LogP contribution in [-0.2, 0) is 9.53 Å². The second-order valence-electron chi connectivity index (χ2n) is 4.50. The zero-order valence-corrected chi connectivity index (χ0v) is 11.5. The minimum Gasteiger partial charge on any atom is -0.368 e. The van der Waals surface area contributed by atoms with Crippen LogP contribution in [-0.4, -0.2) is 29.9 Å². The van der Waals surface area contributed by atoms with Gasteiger partial charge in [0.15, 0.2) is 0 Å². The fourth-order valence-corrected chi connectivity index (χ4v) is 1.82. The van der Waals surface area contributed by atoms with Gasteiger partial charge in [0.05, 0.1) is 23.5 Å². The molecule has 5 heteroatoms. The first-order valence-electron chi connectivity index (χ1n) is 6.11. The van der Waals surface area contributed by atoms with Crippen molar-refractivity contribution in [3.63, 3.8) is 0 Å². The van der Waals surface area contributed by atoms with E-state index in [0.717, 1.165) is 5.03 Å². The van der Waals surface area contributed by atoms with Gasteiger partial charge in [0.1, 0.15) is 6.10 Å². The van der Waals surface area contributed by atoms with Crippen LogP contribution in [0, 0.1) is 5.92 Å². The van der Waals surface area contributed by atoms with Gasteiger partial charge in [0.2, 0.25) is 0 Å². The smallest absolute Gasteiger partial charge is 0.253 e. The summed E-state index contributed by atoms with van der Waals surface area (Å²) in [7, 11) is 0. The Morgan fingerprint density at radius 1 is 1.61 bits per heavy atom. The Morgan fingerprint density at radius 3 is 2.94 bits per heavy atom. The van der Waals surface area contributed by atoms with E-state index in [9.17, 15) is 4.79 Å². The van der Waals surface area contributed by atoms with Gasteiger partial charge in [-0.1, -0.05) is 0 Å². The van der Waals surface area contributed by atoms with Crippen molar-refractivity contribution < 1.29 is 9.53 Å². The molecule has 1 atom stereocenters. The molecule has 0 bridgehead atoms. The van der Waals surface area contributed by atoms with Gasteiger partial charge in [0, 0.05) is 0 Å². The van der Waals surface area contributed by atoms with Gasteiger partial charge in [-0.05, 0) is 44.1 Å². The number of thioether (sulfide) groups is 1. The first kappa shape index (κ1) is 13.4. The first-order valence-corrected chi connectivity index (χ1v) is 7.34. The highest BCUT2D eigenvalue weighted by Crippen LogP contribution is 2.29. The molecule has 4 nitrogen and oxygen atoms in total. The normalized spacial score (nSPS) is 16.3. The molecule has 1 heterocycles. The lowest BCUT2D eigenvalue weighted by Gasteiger charge is -2.13. The maximum atomic E-state index is 11.8. The van der Waals surface area contributed by atoms with Crippen molar-refractivity contribution in [2.24, 2.45) is 5.92 Å². The Balaban J connectivity index is 1.80. The van der Waals surface area contributed by atoms with E-state index in [1.54, 1.807) is 24.9 Å². The fourth-order valence-electron chi connectivity index (χ4n) is 1.46. The largest absolute Gasteiger partial charge is 0.368 e. The number of hydrogen-bond donors (Lipinski definition) is 1. The van der Waals surface area contributed by atoms with E-state index in [1.807, 2.05) is 18.4 Å². The number of nitrogens with one attached hydrogen (secondary N) is 1. The number of hydrogen-bond acceptors (Lipinski definition) is 4. The van der Waals surface area contributed by atoms with Crippen LogP contribution >= 0.6 is 11.8 Å². The van der Waals surface area contributed by atoms with Gasteiger partial charge in [-0.25, -0.2) is 4.98 Å². The van der Waals surface area contributed by atoms with Gasteiger partial charge in [-0.3, -0.25) is 4.79 Å². The molecule has 0 aromatic carbocycles. The lowest BCUT2D eigenvalue weighted by molar-refractivity contribution is -0.126. The third-order valence-corrected chi connectivity index (χ3v) is 3.52. The third-order valence-electron chi connectivity index (χ3n) is 2.86. The summed E-state index contributed by atoms with van der Waals surface area (Å²) in [5.41, 5.74) is 0.708. The Morgan fingerprint density at radius 2 is 2.39 bits per heavy atom. The molecule has 1 aliphatic rings. The number of carbonyl (C=O) groups excluding carboxylic acids is 1. The van der Waals surface area contributed by atoms with Crippen molar-refractivity contribution in [3.8, 4) is 0 Å². The predicted octanol–water partition coefficient (Wildman–Crippen LogP) is 2.56. The van der Waals surface area contributed by atoms with Gasteiger partial charge in [0.25, 0.3) is 5.91 Å². The average Bonchev–Trinajstić information content (AvgIpc) is 3.21. The summed E-state index contributed by atoms with van der Waals surface area (Å²) in [6.07, 6.45) is 5.68. The standard InChI is InChI=1S/C13H18N2O2S/c1-9(17-8-10-3-4-10)13(16)15-11-5-6-12(18-2)14-7-11/h5-7,9-10H,3-4,8H2,1-2H3,(H,15,16)/t9-/m0/s1. The summed E-state index contributed by atoms with van der Waals surface area (Å²) in [5.74, 6) is 0.553. The fraction of sp³-hybridized carbons (Fsp3) is 0.538. The number of aromatic nitrogens is 1. The molecule has 98 valence electrons. The molecule has 1 N–H and O–H groups in total. The minimum absolute atomic E-state index is 0.116. The molecule has 2 rings (SSSR count). The van der Waals surface area contributed by atoms with Gasteiger partial charge >= 0.3 is 0 Å². The average molecular weight is 266 g/mol. The SMILES string of the molecule is CSc1ccc(NC(=O)[C@H](C)OCC2CC2)cn1. The quantitative estimate of drug-likeness (QED) is 0.804. The monoisotopic (exact) mass is 266 g/mol. The van der Waals surface area contributed by atoms with E-state index >= 15 is 0 Å². The Hall–Kier alpha value is -1.07. The molecule has 1 aromatic heterocycles. The Kier molecular flexibility index (Phi) is 4.60. The topological polar surface area (TPSA) is 51.2 Å². The summed E-state index contributed by atoms with van der Waals surface area (Å²) in [6, 6.07) is 3.74. The van der Waals surface area contributed by atoms with E-state index in [0.29, 0.717) is 18.2 Å². The Bertz CT molecular complexity index is 404. The van der Waals surface area contributed by atoms with Crippen LogP contribution in [0.5, 0.6) is 0 Å². The molecule has 0 spiro atoms. The molecule has 1 aliphatic carbocycles. The first-order chi connectivity index (χ1) is 8.69. The summed E-state index contributed by atoms with van der Waals surface area (Å²) in [5, 5.41) is 3.74. The second-order valence-corrected chi connectivity index (χ2v) is 5.32. The predicted molar refractivity (Wildman–Crippen MR) is 72.8 cm³/mol. The van der Waals surface area contributed by atoms with Crippen molar-refractivity contribution in [3.05, 3.63) is 18.3 Å². The molecule has 1 saturated carbocycles. The van der Waals surface area contributed by atoms with Crippen LogP contribution in [0.1, 0.15) is 19.8 Å². The van der Waals surface area contributed by atoms with Crippen LogP contribution in [0.2, 0.25) is 0 Å². The zero-order valence-electron chi connectivity index (χ0n) is 10.7. The molecule has 1 fully saturated rings. The van der Waals surface area contributed by atoms with Crippen LogP contribution in [0.3, 0.4) is 0 Å². The Labute approximate surface area is 112 Å². The molecule has 1 aromatic rings. The molecule has 1 amide bonds. The highest BCUT2D eigenvalue weighted by atomic mass is 32.2. The number of pyridine rings is 1. The zero-order chi connectivity index (χ0) is 13.0. The molecule has 0 unspecified atom stereocenters. The molecule has 18 heavy (non-hydrogen) atoms. The van der Waals surface area contributed by atoms with Crippen molar-refractivity contribution >= 4 is 23.4 Å². The van der Waals surface area contributed by atoms with E-state index in [-0.39, 0.29) is 5.91 Å². The molecule has 0 radical (unpaired) electrons. The number of rotatable bonds is 6. The van der Waals surface area contributed by atoms with Crippen molar-refractivity contribution in [2.45, 2.75) is 30.9 Å². The maximum Gasteiger partial charge on any atom is 0.253 e. The molecule has 0 saturated heterocycles. The third kappa shape index (κ3) is 3.99. The summed E-state index contributed by atoms with van der Waals surface area (Å²) >= 11 is 1.57. The second kappa shape index (κ2) is 6.20. The van der Waals surface area contributed by atoms with Crippen LogP contribution in [0.25, 0.3) is 0 Å². The number of ether oxygens (including phenoxy) is 1. The van der Waals surface area contributed by atoms with Crippen molar-refractivity contribution in [1.29, 1.82) is 0 Å². The van der Waals surface area contributed by atoms with Crippen LogP contribution in [0.15, 0.2) is 23.4 Å². The number of carbonyl (C=O) groups is 1. The highest BCUT2D eigenvalue weighted by molar-refractivity contribution is 7.98. The van der Waals surface area contributed by atoms with E-state index < -0.39 is 6.10 Å². The van der Waals surface area contributed by atoms with Gasteiger partial charge < -0.3 is 10.1 Å². The number of amides is 1. The molecular formula is C13H18N2O2S. The van der Waals surface area contributed by atoms with E-state index in [1.165, 1.54) is 12.8 Å². The van der Waals surface area contributed by atoms with Gasteiger partial charge in [-0.2, -0.15) is 0 Å². The van der Waals surface area contributed by atoms with Crippen LogP contribution < -0.4 is 5.32 Å². The molecule has 0 aliphatic heterocycles. The number of nitrogens with zero attached hydrogens (tertiary/aromatic N) is 1. The van der Waals surface area contributed by atoms with Crippen LogP contribution in [0.4, 0.5) is 5.69 Å². The molecular weight excluding hydrogens is 248 g/mol. The van der Waals surface area contributed by atoms with E-state index in [2.05, 4.69) is 10.3 Å². The summed E-state index contributed by atoms with van der Waals surface area (Å²) < 4.78 is 5.51.